The predicted molar refractivity (Wildman–Crippen MR) is 133 cm³/mol. The number of amides is 2. The summed E-state index contributed by atoms with van der Waals surface area (Å²) in [6.45, 7) is -1.74. The highest BCUT2D eigenvalue weighted by atomic mass is 35.5. The summed E-state index contributed by atoms with van der Waals surface area (Å²) >= 11 is 6.26. The number of fused-ring (bicyclic) bond motifs is 3. The van der Waals surface area contributed by atoms with Crippen LogP contribution in [0.3, 0.4) is 0 Å². The summed E-state index contributed by atoms with van der Waals surface area (Å²) in [4.78, 5) is 26.4. The van der Waals surface area contributed by atoms with Gasteiger partial charge in [-0.3, -0.25) is 19.6 Å². The van der Waals surface area contributed by atoms with Gasteiger partial charge in [-0.1, -0.05) is 11.6 Å². The molecule has 1 unspecified atom stereocenters. The third kappa shape index (κ3) is 4.71. The van der Waals surface area contributed by atoms with E-state index in [0.717, 1.165) is 22.8 Å². The summed E-state index contributed by atoms with van der Waals surface area (Å²) in [6, 6.07) is 4.26. The highest BCUT2D eigenvalue weighted by Crippen LogP contribution is 2.43. The van der Waals surface area contributed by atoms with Gasteiger partial charge in [0, 0.05) is 33.9 Å². The maximum Gasteiger partial charge on any atom is 0.416 e. The van der Waals surface area contributed by atoms with E-state index in [1.165, 1.54) is 6.07 Å². The zero-order valence-electron chi connectivity index (χ0n) is 20.6. The number of rotatable bonds is 5. The molecule has 1 aliphatic rings. The number of nitrogens with one attached hydrogen (secondary N) is 3. The molecule has 214 valence electrons. The van der Waals surface area contributed by atoms with Gasteiger partial charge in [-0.15, -0.1) is 0 Å². The van der Waals surface area contributed by atoms with E-state index in [9.17, 15) is 40.3 Å². The van der Waals surface area contributed by atoms with Crippen molar-refractivity contribution in [1.82, 2.24) is 14.5 Å². The van der Waals surface area contributed by atoms with Crippen molar-refractivity contribution in [3.63, 3.8) is 0 Å². The summed E-state index contributed by atoms with van der Waals surface area (Å²) in [6.07, 6.45) is -4.97. The Labute approximate surface area is 230 Å². The molecule has 0 bridgehead atoms. The number of carbonyl (C=O) groups is 2. The summed E-state index contributed by atoms with van der Waals surface area (Å²) in [5.41, 5.74) is -4.07. The normalized spacial score (nSPS) is 15.0. The zero-order chi connectivity index (χ0) is 30.0. The minimum Gasteiger partial charge on any atom is -0.341 e. The first-order valence-corrected chi connectivity index (χ1v) is 12.2. The van der Waals surface area contributed by atoms with Gasteiger partial charge in [0.2, 0.25) is 5.62 Å². The number of benzene rings is 3. The molecule has 0 saturated carbocycles. The molecule has 1 atom stereocenters. The molecule has 0 radical (unpaired) electrons. The Morgan fingerprint density at radius 2 is 1.83 bits per heavy atom. The molecule has 2 amide bonds. The summed E-state index contributed by atoms with van der Waals surface area (Å²) in [7, 11) is 0. The Hall–Kier alpha value is -4.33. The molecule has 2 heterocycles. The third-order valence-electron chi connectivity index (χ3n) is 6.64. The van der Waals surface area contributed by atoms with Crippen molar-refractivity contribution in [2.24, 2.45) is 0 Å². The Balaban J connectivity index is 1.79. The first-order chi connectivity index (χ1) is 19.2. The molecule has 1 aromatic heterocycles. The minimum atomic E-state index is -4.97. The maximum atomic E-state index is 14.2. The van der Waals surface area contributed by atoms with Crippen LogP contribution in [0.15, 0.2) is 42.5 Å². The largest absolute Gasteiger partial charge is 0.416 e. The smallest absolute Gasteiger partial charge is 0.341 e. The number of imidazole rings is 1. The van der Waals surface area contributed by atoms with Crippen LogP contribution in [0.5, 0.6) is 0 Å². The molecule has 3 aromatic carbocycles. The maximum absolute atomic E-state index is 14.2. The average Bonchev–Trinajstić information content (AvgIpc) is 3.37. The number of anilines is 1. The van der Waals surface area contributed by atoms with E-state index in [0.29, 0.717) is 16.7 Å². The second-order valence-corrected chi connectivity index (χ2v) is 9.46. The van der Waals surface area contributed by atoms with Crippen molar-refractivity contribution in [2.75, 3.05) is 5.32 Å². The van der Waals surface area contributed by atoms with Crippen molar-refractivity contribution in [3.8, 4) is 0 Å². The van der Waals surface area contributed by atoms with Crippen molar-refractivity contribution in [3.05, 3.63) is 92.6 Å². The van der Waals surface area contributed by atoms with Crippen molar-refractivity contribution >= 4 is 40.1 Å². The van der Waals surface area contributed by atoms with Gasteiger partial charge >= 0.3 is 12.7 Å². The van der Waals surface area contributed by atoms with E-state index in [1.807, 2.05) is 0 Å². The number of alkyl halides is 5. The van der Waals surface area contributed by atoms with Crippen LogP contribution in [-0.4, -0.2) is 20.9 Å². The van der Waals surface area contributed by atoms with Crippen molar-refractivity contribution in [1.29, 1.82) is 5.41 Å². The number of halogens is 8. The lowest BCUT2D eigenvalue weighted by atomic mass is 9.95. The fraction of sp³-hybridized carbons (Fsp3) is 0.192. The molecule has 0 aliphatic carbocycles. The highest BCUT2D eigenvalue weighted by Gasteiger charge is 2.39. The van der Waals surface area contributed by atoms with Crippen LogP contribution in [0.25, 0.3) is 11.0 Å². The van der Waals surface area contributed by atoms with Gasteiger partial charge in [-0.25, -0.2) is 8.78 Å². The van der Waals surface area contributed by atoms with Gasteiger partial charge in [0.25, 0.3) is 11.8 Å². The quantitative estimate of drug-likeness (QED) is 0.233. The Bertz CT molecular complexity index is 1810. The van der Waals surface area contributed by atoms with Gasteiger partial charge in [0.05, 0.1) is 28.2 Å². The molecule has 5 rings (SSSR count). The molecular formula is C26H17ClF7N5O2. The Kier molecular flexibility index (Phi) is 6.84. The second kappa shape index (κ2) is 9.94. The third-order valence-corrected chi connectivity index (χ3v) is 6.99. The van der Waals surface area contributed by atoms with Crippen LogP contribution in [-0.2, 0) is 12.7 Å². The zero-order valence-corrected chi connectivity index (χ0v) is 21.4. The van der Waals surface area contributed by atoms with Crippen LogP contribution in [0.4, 0.5) is 36.4 Å². The molecule has 4 aromatic rings. The molecule has 15 heteroatoms. The first kappa shape index (κ1) is 28.2. The van der Waals surface area contributed by atoms with E-state index >= 15 is 0 Å². The average molecular weight is 600 g/mol. The summed E-state index contributed by atoms with van der Waals surface area (Å²) < 4.78 is 97.8. The fourth-order valence-corrected chi connectivity index (χ4v) is 5.17. The fourth-order valence-electron chi connectivity index (χ4n) is 4.94. The van der Waals surface area contributed by atoms with Crippen molar-refractivity contribution < 1.29 is 40.3 Å². The summed E-state index contributed by atoms with van der Waals surface area (Å²) in [5.74, 6) is -4.24. The first-order valence-electron chi connectivity index (χ1n) is 11.8. The molecule has 3 N–H and O–H groups in total. The van der Waals surface area contributed by atoms with Crippen LogP contribution in [0.1, 0.15) is 56.9 Å². The lowest BCUT2D eigenvalue weighted by Gasteiger charge is -2.19. The molecule has 0 spiro atoms. The molecular weight excluding hydrogens is 583 g/mol. The van der Waals surface area contributed by atoms with E-state index in [2.05, 4.69) is 10.6 Å². The molecule has 7 nitrogen and oxygen atoms in total. The molecule has 1 aliphatic heterocycles. The standard InChI is InChI=1S/C26H17ClF7N5O2/c1-2-38-17-9-16(36-22(40)10-5-11(26(32,33)34)7-13(29)6-10)18-19(21(17)39(24(30)31)25(38)35)23(41)37-20(18)14-8-12(28)3-4-15(14)27/h3-9,20,24,35H,2H2,1H3,(H,36,40)(H,37,41). The Morgan fingerprint density at radius 3 is 2.46 bits per heavy atom. The topological polar surface area (TPSA) is 91.9 Å². The summed E-state index contributed by atoms with van der Waals surface area (Å²) in [5, 5.41) is 13.1. The number of hydrogen-bond donors (Lipinski definition) is 3. The highest BCUT2D eigenvalue weighted by molar-refractivity contribution is 6.31. The van der Waals surface area contributed by atoms with Crippen LogP contribution >= 0.6 is 11.6 Å². The molecule has 0 saturated heterocycles. The van der Waals surface area contributed by atoms with Gasteiger partial charge in [0.15, 0.2) is 0 Å². The van der Waals surface area contributed by atoms with Crippen LogP contribution in [0.2, 0.25) is 5.02 Å². The number of aromatic nitrogens is 2. The van der Waals surface area contributed by atoms with E-state index in [4.69, 9.17) is 17.0 Å². The molecule has 41 heavy (non-hydrogen) atoms. The van der Waals surface area contributed by atoms with Crippen molar-refractivity contribution in [2.45, 2.75) is 32.2 Å². The molecule has 0 fully saturated rings. The monoisotopic (exact) mass is 599 g/mol. The van der Waals surface area contributed by atoms with Gasteiger partial charge in [-0.2, -0.15) is 22.0 Å². The second-order valence-electron chi connectivity index (χ2n) is 9.05. The number of hydrogen-bond acceptors (Lipinski definition) is 3. The van der Waals surface area contributed by atoms with Crippen LogP contribution in [0, 0.1) is 17.0 Å². The van der Waals surface area contributed by atoms with E-state index in [-0.39, 0.29) is 51.0 Å². The SMILES string of the molecule is CCn1c(=N)n(C(F)F)c2c3c(c(NC(=O)c4cc(F)cc(C(F)(F)F)c4)cc21)C(c1cc(F)ccc1Cl)NC3=O. The minimum absolute atomic E-state index is 0.0108. The number of carbonyl (C=O) groups excluding carboxylic acids is 2. The Morgan fingerprint density at radius 1 is 1.12 bits per heavy atom. The predicted octanol–water partition coefficient (Wildman–Crippen LogP) is 6.37. The van der Waals surface area contributed by atoms with Gasteiger partial charge in [0.1, 0.15) is 11.6 Å². The van der Waals surface area contributed by atoms with Gasteiger partial charge in [-0.05, 0) is 49.4 Å². The number of nitrogens with zero attached hydrogens (tertiary/aromatic N) is 2. The lowest BCUT2D eigenvalue weighted by Crippen LogP contribution is -2.25. The van der Waals surface area contributed by atoms with E-state index in [1.54, 1.807) is 6.92 Å². The number of aryl methyl sites for hydroxylation is 1. The van der Waals surface area contributed by atoms with Gasteiger partial charge < -0.3 is 15.2 Å². The van der Waals surface area contributed by atoms with Crippen LogP contribution < -0.4 is 16.3 Å². The van der Waals surface area contributed by atoms with E-state index < -0.39 is 59.0 Å². The lowest BCUT2D eigenvalue weighted by molar-refractivity contribution is -0.137.